The largest absolute Gasteiger partial charge is 0.460 e. The van der Waals surface area contributed by atoms with Gasteiger partial charge in [0, 0.05) is 11.1 Å². The molecule has 104 valence electrons. The molecule has 0 bridgehead atoms. The number of benzene rings is 1. The van der Waals surface area contributed by atoms with Gasteiger partial charge in [0.1, 0.15) is 11.5 Å². The third-order valence-electron chi connectivity index (χ3n) is 2.59. The molecule has 0 aliphatic carbocycles. The molecule has 0 aliphatic heterocycles. The molecule has 0 unspecified atom stereocenters. The second-order valence-corrected chi connectivity index (χ2v) is 5.76. The van der Waals surface area contributed by atoms with Gasteiger partial charge < -0.3 is 9.73 Å². The molecular weight excluding hydrogens is 281 g/mol. The highest BCUT2D eigenvalue weighted by molar-refractivity contribution is 6.33. The van der Waals surface area contributed by atoms with Gasteiger partial charge in [-0.1, -0.05) is 23.7 Å². The summed E-state index contributed by atoms with van der Waals surface area (Å²) in [5.41, 5.74) is 1.01. The highest BCUT2D eigenvalue weighted by Gasteiger charge is 2.11. The van der Waals surface area contributed by atoms with Crippen molar-refractivity contribution in [3.05, 3.63) is 47.2 Å². The number of halogens is 2. The first kappa shape index (κ1) is 16.1. The highest BCUT2D eigenvalue weighted by Crippen LogP contribution is 2.29. The third-order valence-corrected chi connectivity index (χ3v) is 2.92. The zero-order valence-corrected chi connectivity index (χ0v) is 12.9. The maximum absolute atomic E-state index is 6.14. The molecule has 0 aliphatic rings. The monoisotopic (exact) mass is 299 g/mol. The van der Waals surface area contributed by atoms with E-state index in [-0.39, 0.29) is 17.9 Å². The molecule has 0 radical (unpaired) electrons. The molecule has 1 N–H and O–H groups in total. The van der Waals surface area contributed by atoms with Crippen molar-refractivity contribution >= 4 is 24.0 Å². The van der Waals surface area contributed by atoms with Crippen LogP contribution in [0.4, 0.5) is 0 Å². The molecule has 0 atom stereocenters. The molecule has 19 heavy (non-hydrogen) atoms. The second-order valence-electron chi connectivity index (χ2n) is 5.35. The zero-order valence-electron chi connectivity index (χ0n) is 11.4. The molecular formula is C15H19Cl2NO. The van der Waals surface area contributed by atoms with Gasteiger partial charge in [-0.2, -0.15) is 0 Å². The first-order valence-corrected chi connectivity index (χ1v) is 6.42. The summed E-state index contributed by atoms with van der Waals surface area (Å²) >= 11 is 6.14. The summed E-state index contributed by atoms with van der Waals surface area (Å²) in [6.45, 7) is 7.11. The van der Waals surface area contributed by atoms with Gasteiger partial charge in [0.05, 0.1) is 11.6 Å². The zero-order chi connectivity index (χ0) is 13.2. The smallest absolute Gasteiger partial charge is 0.135 e. The first-order chi connectivity index (χ1) is 8.46. The molecule has 2 rings (SSSR count). The van der Waals surface area contributed by atoms with Crippen molar-refractivity contribution in [3.8, 4) is 11.3 Å². The number of furan rings is 1. The molecule has 2 nitrogen and oxygen atoms in total. The van der Waals surface area contributed by atoms with Gasteiger partial charge in [-0.15, -0.1) is 12.4 Å². The van der Waals surface area contributed by atoms with Crippen molar-refractivity contribution in [1.29, 1.82) is 0 Å². The Morgan fingerprint density at radius 2 is 1.79 bits per heavy atom. The van der Waals surface area contributed by atoms with E-state index in [0.29, 0.717) is 11.6 Å². The van der Waals surface area contributed by atoms with Gasteiger partial charge in [-0.25, -0.2) is 0 Å². The Kier molecular flexibility index (Phi) is 5.48. The standard InChI is InChI=1S/C15H18ClNO.ClH/c1-15(2,3)17-10-11-8-9-14(18-11)12-6-4-5-7-13(12)16;/h4-9,17H,10H2,1-3H3;1H. The van der Waals surface area contributed by atoms with E-state index in [1.165, 1.54) is 0 Å². The summed E-state index contributed by atoms with van der Waals surface area (Å²) in [5.74, 6) is 1.73. The van der Waals surface area contributed by atoms with Gasteiger partial charge in [0.2, 0.25) is 0 Å². The predicted octanol–water partition coefficient (Wildman–Crippen LogP) is 4.91. The lowest BCUT2D eigenvalue weighted by molar-refractivity contribution is 0.391. The summed E-state index contributed by atoms with van der Waals surface area (Å²) in [5, 5.41) is 4.10. The molecule has 4 heteroatoms. The third kappa shape index (κ3) is 4.57. The lowest BCUT2D eigenvalue weighted by Gasteiger charge is -2.19. The van der Waals surface area contributed by atoms with Crippen LogP contribution in [0.25, 0.3) is 11.3 Å². The van der Waals surface area contributed by atoms with Crippen LogP contribution in [-0.2, 0) is 6.54 Å². The highest BCUT2D eigenvalue weighted by atomic mass is 35.5. The van der Waals surface area contributed by atoms with Crippen LogP contribution >= 0.6 is 24.0 Å². The van der Waals surface area contributed by atoms with Crippen LogP contribution in [0, 0.1) is 0 Å². The van der Waals surface area contributed by atoms with E-state index in [1.807, 2.05) is 36.4 Å². The first-order valence-electron chi connectivity index (χ1n) is 6.04. The van der Waals surface area contributed by atoms with Crippen molar-refractivity contribution in [2.45, 2.75) is 32.9 Å². The topological polar surface area (TPSA) is 25.2 Å². The normalized spacial score (nSPS) is 11.2. The van der Waals surface area contributed by atoms with E-state index >= 15 is 0 Å². The van der Waals surface area contributed by atoms with Crippen molar-refractivity contribution < 1.29 is 4.42 Å². The van der Waals surface area contributed by atoms with Crippen molar-refractivity contribution in [2.24, 2.45) is 0 Å². The molecule has 0 fully saturated rings. The van der Waals surface area contributed by atoms with Crippen molar-refractivity contribution in [2.75, 3.05) is 0 Å². The average Bonchev–Trinajstić information content (AvgIpc) is 2.75. The number of nitrogens with one attached hydrogen (secondary N) is 1. The molecule has 0 saturated heterocycles. The number of rotatable bonds is 3. The fraction of sp³-hybridized carbons (Fsp3) is 0.333. The summed E-state index contributed by atoms with van der Waals surface area (Å²) in [6, 6.07) is 11.6. The molecule has 0 amide bonds. The van der Waals surface area contributed by atoms with E-state index in [4.69, 9.17) is 16.0 Å². The van der Waals surface area contributed by atoms with Crippen molar-refractivity contribution in [3.63, 3.8) is 0 Å². The van der Waals surface area contributed by atoms with Gasteiger partial charge in [-0.3, -0.25) is 0 Å². The maximum Gasteiger partial charge on any atom is 0.135 e. The fourth-order valence-corrected chi connectivity index (χ4v) is 1.86. The Hall–Kier alpha value is -0.960. The van der Waals surface area contributed by atoms with Crippen LogP contribution < -0.4 is 5.32 Å². The number of hydrogen-bond donors (Lipinski definition) is 1. The van der Waals surface area contributed by atoms with E-state index in [9.17, 15) is 0 Å². The van der Waals surface area contributed by atoms with Gasteiger partial charge >= 0.3 is 0 Å². The Morgan fingerprint density at radius 3 is 2.42 bits per heavy atom. The lowest BCUT2D eigenvalue weighted by Crippen LogP contribution is -2.34. The Balaban J connectivity index is 0.00000180. The maximum atomic E-state index is 6.14. The predicted molar refractivity (Wildman–Crippen MR) is 83.0 cm³/mol. The van der Waals surface area contributed by atoms with E-state index in [0.717, 1.165) is 17.1 Å². The molecule has 1 aromatic carbocycles. The van der Waals surface area contributed by atoms with E-state index in [2.05, 4.69) is 26.1 Å². The lowest BCUT2D eigenvalue weighted by atomic mass is 10.1. The van der Waals surface area contributed by atoms with Gasteiger partial charge in [0.15, 0.2) is 0 Å². The molecule has 0 spiro atoms. The minimum absolute atomic E-state index is 0. The van der Waals surface area contributed by atoms with E-state index in [1.54, 1.807) is 0 Å². The Bertz CT molecular complexity index is 529. The van der Waals surface area contributed by atoms with Crippen LogP contribution in [0.3, 0.4) is 0 Å². The summed E-state index contributed by atoms with van der Waals surface area (Å²) in [6.07, 6.45) is 0. The molecule has 0 saturated carbocycles. The fourth-order valence-electron chi connectivity index (χ4n) is 1.63. The molecule has 1 heterocycles. The molecule has 1 aromatic heterocycles. The van der Waals surface area contributed by atoms with Crippen LogP contribution in [0.15, 0.2) is 40.8 Å². The number of hydrogen-bond acceptors (Lipinski definition) is 2. The van der Waals surface area contributed by atoms with E-state index < -0.39 is 0 Å². The Labute approximate surface area is 125 Å². The molecule has 2 aromatic rings. The quantitative estimate of drug-likeness (QED) is 0.871. The van der Waals surface area contributed by atoms with Gasteiger partial charge in [-0.05, 0) is 45.0 Å². The summed E-state index contributed by atoms with van der Waals surface area (Å²) in [7, 11) is 0. The van der Waals surface area contributed by atoms with Crippen LogP contribution in [0.5, 0.6) is 0 Å². The minimum atomic E-state index is 0. The van der Waals surface area contributed by atoms with Crippen LogP contribution in [0.1, 0.15) is 26.5 Å². The van der Waals surface area contributed by atoms with Crippen LogP contribution in [0.2, 0.25) is 5.02 Å². The van der Waals surface area contributed by atoms with Crippen molar-refractivity contribution in [1.82, 2.24) is 5.32 Å². The summed E-state index contributed by atoms with van der Waals surface area (Å²) < 4.78 is 5.80. The van der Waals surface area contributed by atoms with Crippen LogP contribution in [-0.4, -0.2) is 5.54 Å². The Morgan fingerprint density at radius 1 is 1.11 bits per heavy atom. The van der Waals surface area contributed by atoms with Gasteiger partial charge in [0.25, 0.3) is 0 Å². The minimum Gasteiger partial charge on any atom is -0.460 e. The second kappa shape index (κ2) is 6.47. The average molecular weight is 300 g/mol. The SMILES string of the molecule is CC(C)(C)NCc1ccc(-c2ccccc2Cl)o1.Cl. The summed E-state index contributed by atoms with van der Waals surface area (Å²) in [4.78, 5) is 0.